The summed E-state index contributed by atoms with van der Waals surface area (Å²) in [6, 6.07) is 12.6. The van der Waals surface area contributed by atoms with E-state index >= 15 is 0 Å². The van der Waals surface area contributed by atoms with E-state index in [0.29, 0.717) is 11.5 Å². The molecule has 1 aromatic carbocycles. The van der Waals surface area contributed by atoms with Crippen molar-refractivity contribution in [2.45, 2.75) is 6.42 Å². The highest BCUT2D eigenvalue weighted by Crippen LogP contribution is 2.19. The Kier molecular flexibility index (Phi) is 3.97. The molecule has 0 amide bonds. The predicted molar refractivity (Wildman–Crippen MR) is 82.2 cm³/mol. The van der Waals surface area contributed by atoms with Crippen LogP contribution in [0, 0.1) is 11.3 Å². The average molecular weight is 279 g/mol. The molecule has 0 atom stereocenters. The van der Waals surface area contributed by atoms with Crippen LogP contribution in [0.2, 0.25) is 0 Å². The summed E-state index contributed by atoms with van der Waals surface area (Å²) >= 11 is 0. The third-order valence-electron chi connectivity index (χ3n) is 3.70. The number of aromatic nitrogens is 2. The van der Waals surface area contributed by atoms with E-state index in [1.807, 2.05) is 6.07 Å². The number of anilines is 2. The fraction of sp³-hybridized carbons (Fsp3) is 0.312. The van der Waals surface area contributed by atoms with Crippen LogP contribution >= 0.6 is 0 Å². The molecule has 0 radical (unpaired) electrons. The van der Waals surface area contributed by atoms with Crippen LogP contribution in [0.1, 0.15) is 12.1 Å². The second-order valence-electron chi connectivity index (χ2n) is 5.00. The standard InChI is InChI=1S/C16H17N5/c17-13-15-16(19-8-7-18-15)21-10-4-9-20(11-12-21)14-5-2-1-3-6-14/h1-3,5-8H,4,9-12H2. The van der Waals surface area contributed by atoms with E-state index in [1.54, 1.807) is 12.4 Å². The molecule has 0 N–H and O–H groups in total. The minimum absolute atomic E-state index is 0.408. The van der Waals surface area contributed by atoms with Gasteiger partial charge in [0.05, 0.1) is 0 Å². The van der Waals surface area contributed by atoms with Gasteiger partial charge in [0, 0.05) is 44.3 Å². The number of hydrogen-bond acceptors (Lipinski definition) is 5. The summed E-state index contributed by atoms with van der Waals surface area (Å²) in [5, 5.41) is 9.16. The lowest BCUT2D eigenvalue weighted by Gasteiger charge is -2.24. The van der Waals surface area contributed by atoms with Gasteiger partial charge in [0.15, 0.2) is 11.5 Å². The maximum Gasteiger partial charge on any atom is 0.183 e. The minimum Gasteiger partial charge on any atom is -0.370 e. The molecule has 0 unspecified atom stereocenters. The van der Waals surface area contributed by atoms with Gasteiger partial charge < -0.3 is 9.80 Å². The van der Waals surface area contributed by atoms with E-state index in [0.717, 1.165) is 32.6 Å². The molecule has 2 aromatic rings. The lowest BCUT2D eigenvalue weighted by Crippen LogP contribution is -2.31. The number of para-hydroxylation sites is 1. The third-order valence-corrected chi connectivity index (χ3v) is 3.70. The zero-order chi connectivity index (χ0) is 14.5. The van der Waals surface area contributed by atoms with Gasteiger partial charge in [0.1, 0.15) is 6.07 Å². The van der Waals surface area contributed by atoms with Crippen LogP contribution in [-0.2, 0) is 0 Å². The second-order valence-corrected chi connectivity index (χ2v) is 5.00. The molecule has 1 fully saturated rings. The van der Waals surface area contributed by atoms with Crippen molar-refractivity contribution in [3.63, 3.8) is 0 Å². The summed E-state index contributed by atoms with van der Waals surface area (Å²) in [4.78, 5) is 13.0. The Bertz CT molecular complexity index is 635. The van der Waals surface area contributed by atoms with Crippen LogP contribution in [-0.4, -0.2) is 36.1 Å². The van der Waals surface area contributed by atoms with E-state index < -0.39 is 0 Å². The maximum absolute atomic E-state index is 9.16. The summed E-state index contributed by atoms with van der Waals surface area (Å²) in [5.41, 5.74) is 1.66. The Hall–Kier alpha value is -2.61. The van der Waals surface area contributed by atoms with Crippen LogP contribution in [0.15, 0.2) is 42.7 Å². The molecule has 3 rings (SSSR count). The molecule has 21 heavy (non-hydrogen) atoms. The summed E-state index contributed by atoms with van der Waals surface area (Å²) in [6.07, 6.45) is 4.25. The van der Waals surface area contributed by atoms with Crippen LogP contribution in [0.3, 0.4) is 0 Å². The van der Waals surface area contributed by atoms with Crippen molar-refractivity contribution in [1.82, 2.24) is 9.97 Å². The molecule has 0 aliphatic carbocycles. The summed E-state index contributed by atoms with van der Waals surface area (Å²) in [6.45, 7) is 3.69. The number of nitriles is 1. The van der Waals surface area contributed by atoms with Crippen LogP contribution in [0.5, 0.6) is 0 Å². The first-order valence-electron chi connectivity index (χ1n) is 7.14. The van der Waals surface area contributed by atoms with Gasteiger partial charge in [-0.25, -0.2) is 9.97 Å². The number of hydrogen-bond donors (Lipinski definition) is 0. The molecule has 106 valence electrons. The first-order valence-corrected chi connectivity index (χ1v) is 7.14. The van der Waals surface area contributed by atoms with Gasteiger partial charge in [-0.1, -0.05) is 18.2 Å². The monoisotopic (exact) mass is 279 g/mol. The van der Waals surface area contributed by atoms with Gasteiger partial charge in [-0.15, -0.1) is 0 Å². The Balaban J connectivity index is 1.76. The Morgan fingerprint density at radius 2 is 1.62 bits per heavy atom. The van der Waals surface area contributed by atoms with Crippen molar-refractivity contribution >= 4 is 11.5 Å². The van der Waals surface area contributed by atoms with Gasteiger partial charge in [0.2, 0.25) is 0 Å². The van der Waals surface area contributed by atoms with E-state index in [4.69, 9.17) is 5.26 Å². The average Bonchev–Trinajstić information content (AvgIpc) is 2.81. The molecule has 5 heteroatoms. The summed E-state index contributed by atoms with van der Waals surface area (Å²) < 4.78 is 0. The van der Waals surface area contributed by atoms with Crippen LogP contribution in [0.25, 0.3) is 0 Å². The molecule has 1 saturated heterocycles. The lowest BCUT2D eigenvalue weighted by atomic mass is 10.3. The molecule has 2 heterocycles. The minimum atomic E-state index is 0.408. The van der Waals surface area contributed by atoms with Gasteiger partial charge in [-0.2, -0.15) is 5.26 Å². The van der Waals surface area contributed by atoms with Crippen molar-refractivity contribution in [3.05, 3.63) is 48.4 Å². The molecule has 1 aliphatic rings. The van der Waals surface area contributed by atoms with Gasteiger partial charge in [0.25, 0.3) is 0 Å². The normalized spacial score (nSPS) is 15.4. The first kappa shape index (κ1) is 13.4. The van der Waals surface area contributed by atoms with Gasteiger partial charge >= 0.3 is 0 Å². The van der Waals surface area contributed by atoms with Crippen LogP contribution < -0.4 is 9.80 Å². The predicted octanol–water partition coefficient (Wildman–Crippen LogP) is 2.06. The Labute approximate surface area is 124 Å². The molecular weight excluding hydrogens is 262 g/mol. The highest BCUT2D eigenvalue weighted by molar-refractivity contribution is 5.51. The van der Waals surface area contributed by atoms with Gasteiger partial charge in [-0.3, -0.25) is 0 Å². The molecule has 5 nitrogen and oxygen atoms in total. The Morgan fingerprint density at radius 3 is 2.43 bits per heavy atom. The highest BCUT2D eigenvalue weighted by Gasteiger charge is 2.18. The SMILES string of the molecule is N#Cc1nccnc1N1CCCN(c2ccccc2)CC1. The van der Waals surface area contributed by atoms with E-state index in [9.17, 15) is 0 Å². The number of nitrogens with zero attached hydrogens (tertiary/aromatic N) is 5. The smallest absolute Gasteiger partial charge is 0.183 e. The van der Waals surface area contributed by atoms with E-state index in [-0.39, 0.29) is 0 Å². The molecular formula is C16H17N5. The topological polar surface area (TPSA) is 56.1 Å². The molecule has 0 saturated carbocycles. The molecule has 1 aliphatic heterocycles. The van der Waals surface area contributed by atoms with Crippen molar-refractivity contribution in [2.24, 2.45) is 0 Å². The van der Waals surface area contributed by atoms with E-state index in [1.165, 1.54) is 5.69 Å². The first-order chi connectivity index (χ1) is 10.4. The Morgan fingerprint density at radius 1 is 0.905 bits per heavy atom. The molecule has 0 spiro atoms. The maximum atomic E-state index is 9.16. The van der Waals surface area contributed by atoms with Gasteiger partial charge in [-0.05, 0) is 18.6 Å². The third kappa shape index (κ3) is 2.95. The van der Waals surface area contributed by atoms with Crippen molar-refractivity contribution in [3.8, 4) is 6.07 Å². The largest absolute Gasteiger partial charge is 0.370 e. The lowest BCUT2D eigenvalue weighted by molar-refractivity contribution is 0.793. The van der Waals surface area contributed by atoms with Crippen LogP contribution in [0.4, 0.5) is 11.5 Å². The second kappa shape index (κ2) is 6.23. The van der Waals surface area contributed by atoms with Crippen molar-refractivity contribution in [1.29, 1.82) is 5.26 Å². The number of benzene rings is 1. The quantitative estimate of drug-likeness (QED) is 0.842. The fourth-order valence-electron chi connectivity index (χ4n) is 2.67. The molecule has 0 bridgehead atoms. The summed E-state index contributed by atoms with van der Waals surface area (Å²) in [7, 11) is 0. The zero-order valence-corrected chi connectivity index (χ0v) is 11.8. The zero-order valence-electron chi connectivity index (χ0n) is 11.8. The number of rotatable bonds is 2. The fourth-order valence-corrected chi connectivity index (χ4v) is 2.67. The summed E-state index contributed by atoms with van der Waals surface area (Å²) in [5.74, 6) is 0.704. The molecule has 1 aromatic heterocycles. The highest BCUT2D eigenvalue weighted by atomic mass is 15.3. The van der Waals surface area contributed by atoms with Crippen molar-refractivity contribution < 1.29 is 0 Å². The van der Waals surface area contributed by atoms with E-state index in [2.05, 4.69) is 50.1 Å². The van der Waals surface area contributed by atoms with Crippen molar-refractivity contribution in [2.75, 3.05) is 36.0 Å².